The molecule has 1 aliphatic carbocycles. The molecule has 0 spiro atoms. The minimum absolute atomic E-state index is 0.174. The minimum Gasteiger partial charge on any atom is -0.372 e. The molecule has 0 saturated heterocycles. The second-order valence-electron chi connectivity index (χ2n) is 6.78. The normalized spacial score (nSPS) is 20.6. The van der Waals surface area contributed by atoms with Crippen molar-refractivity contribution in [2.45, 2.75) is 52.5 Å². The fraction of sp³-hybridized carbons (Fsp3) is 0.524. The Morgan fingerprint density at radius 3 is 2.44 bits per heavy atom. The first-order valence-corrected chi connectivity index (χ1v) is 9.36. The van der Waals surface area contributed by atoms with E-state index in [9.17, 15) is 10.1 Å². The van der Waals surface area contributed by atoms with Crippen LogP contribution in [0.3, 0.4) is 0 Å². The maximum Gasteiger partial charge on any atom is 0.262 e. The predicted octanol–water partition coefficient (Wildman–Crippen LogP) is 4.13. The largest absolute Gasteiger partial charge is 0.372 e. The molecule has 1 aromatic carbocycles. The molecule has 0 unspecified atom stereocenters. The highest BCUT2D eigenvalue weighted by Gasteiger charge is 2.24. The number of nitriles is 1. The van der Waals surface area contributed by atoms with E-state index in [1.807, 2.05) is 24.3 Å². The number of carbonyl (C=O) groups excluding carboxylic acids is 1. The van der Waals surface area contributed by atoms with Gasteiger partial charge in [0.05, 0.1) is 0 Å². The van der Waals surface area contributed by atoms with Crippen LogP contribution in [0.5, 0.6) is 0 Å². The third-order valence-electron chi connectivity index (χ3n) is 5.13. The average molecular weight is 339 g/mol. The molecular weight excluding hydrogens is 310 g/mol. The van der Waals surface area contributed by atoms with Crippen molar-refractivity contribution in [2.75, 3.05) is 18.0 Å². The summed E-state index contributed by atoms with van der Waals surface area (Å²) in [6, 6.07) is 10.2. The number of anilines is 1. The Balaban J connectivity index is 2.08. The molecule has 0 radical (unpaired) electrons. The molecule has 1 N–H and O–H groups in total. The number of rotatable bonds is 6. The lowest BCUT2D eigenvalue weighted by molar-refractivity contribution is -0.118. The number of hydrogen-bond donors (Lipinski definition) is 1. The summed E-state index contributed by atoms with van der Waals surface area (Å²) >= 11 is 0. The summed E-state index contributed by atoms with van der Waals surface area (Å²) in [7, 11) is 0. The first-order chi connectivity index (χ1) is 12.1. The highest BCUT2D eigenvalue weighted by atomic mass is 16.1. The van der Waals surface area contributed by atoms with Gasteiger partial charge in [-0.05, 0) is 56.4 Å². The fourth-order valence-electron chi connectivity index (χ4n) is 3.46. The van der Waals surface area contributed by atoms with Crippen molar-refractivity contribution >= 4 is 17.7 Å². The number of amides is 1. The van der Waals surface area contributed by atoms with Crippen LogP contribution in [-0.2, 0) is 4.79 Å². The summed E-state index contributed by atoms with van der Waals surface area (Å²) in [5, 5.41) is 12.4. The van der Waals surface area contributed by atoms with E-state index in [2.05, 4.69) is 37.1 Å². The Morgan fingerprint density at radius 1 is 1.24 bits per heavy atom. The van der Waals surface area contributed by atoms with E-state index in [1.165, 1.54) is 6.42 Å². The zero-order valence-corrected chi connectivity index (χ0v) is 15.6. The third kappa shape index (κ3) is 5.09. The summed E-state index contributed by atoms with van der Waals surface area (Å²) < 4.78 is 0. The molecule has 1 aromatic rings. The molecule has 134 valence electrons. The van der Waals surface area contributed by atoms with Gasteiger partial charge in [-0.1, -0.05) is 31.9 Å². The summed E-state index contributed by atoms with van der Waals surface area (Å²) in [5.74, 6) is 0.222. The van der Waals surface area contributed by atoms with Crippen LogP contribution in [-0.4, -0.2) is 25.0 Å². The van der Waals surface area contributed by atoms with Crippen LogP contribution in [0, 0.1) is 17.2 Å². The third-order valence-corrected chi connectivity index (χ3v) is 5.13. The molecule has 25 heavy (non-hydrogen) atoms. The quantitative estimate of drug-likeness (QED) is 0.626. The second kappa shape index (κ2) is 9.27. The maximum atomic E-state index is 12.5. The molecule has 1 fully saturated rings. The van der Waals surface area contributed by atoms with Gasteiger partial charge in [-0.3, -0.25) is 4.79 Å². The second-order valence-corrected chi connectivity index (χ2v) is 6.78. The van der Waals surface area contributed by atoms with Gasteiger partial charge in [0.1, 0.15) is 11.6 Å². The monoisotopic (exact) mass is 339 g/mol. The van der Waals surface area contributed by atoms with Crippen molar-refractivity contribution in [2.24, 2.45) is 5.92 Å². The molecule has 0 aromatic heterocycles. The van der Waals surface area contributed by atoms with Gasteiger partial charge in [-0.25, -0.2) is 0 Å². The molecule has 4 nitrogen and oxygen atoms in total. The Labute approximate surface area is 151 Å². The van der Waals surface area contributed by atoms with Crippen molar-refractivity contribution < 1.29 is 4.79 Å². The first kappa shape index (κ1) is 19.1. The lowest BCUT2D eigenvalue weighted by Crippen LogP contribution is -2.41. The molecule has 1 aliphatic rings. The Hall–Kier alpha value is -2.28. The smallest absolute Gasteiger partial charge is 0.262 e. The maximum absolute atomic E-state index is 12.5. The SMILES string of the molecule is CCN(CC)c1ccc(/C=C(\C#N)C(=O)N[C@@H]2CCCC[C@@H]2C)cc1. The Kier molecular flexibility index (Phi) is 7.06. The van der Waals surface area contributed by atoms with Crippen molar-refractivity contribution in [1.82, 2.24) is 5.32 Å². The van der Waals surface area contributed by atoms with Crippen LogP contribution in [0.15, 0.2) is 29.8 Å². The zero-order chi connectivity index (χ0) is 18.2. The van der Waals surface area contributed by atoms with E-state index in [0.29, 0.717) is 5.92 Å². The van der Waals surface area contributed by atoms with E-state index < -0.39 is 0 Å². The van der Waals surface area contributed by atoms with Gasteiger partial charge in [0.15, 0.2) is 0 Å². The molecule has 0 aliphatic heterocycles. The Morgan fingerprint density at radius 2 is 1.88 bits per heavy atom. The molecule has 4 heteroatoms. The van der Waals surface area contributed by atoms with Crippen LogP contribution in [0.4, 0.5) is 5.69 Å². The lowest BCUT2D eigenvalue weighted by Gasteiger charge is -2.29. The molecule has 1 saturated carbocycles. The van der Waals surface area contributed by atoms with E-state index in [-0.39, 0.29) is 17.5 Å². The van der Waals surface area contributed by atoms with E-state index in [1.54, 1.807) is 6.08 Å². The zero-order valence-electron chi connectivity index (χ0n) is 15.6. The summed E-state index contributed by atoms with van der Waals surface area (Å²) in [6.07, 6.45) is 6.20. The molecule has 0 bridgehead atoms. The van der Waals surface area contributed by atoms with E-state index in [0.717, 1.165) is 43.6 Å². The molecular formula is C21H29N3O. The number of nitrogens with zero attached hydrogens (tertiary/aromatic N) is 2. The number of hydrogen-bond acceptors (Lipinski definition) is 3. The Bertz CT molecular complexity index is 638. The highest BCUT2D eigenvalue weighted by molar-refractivity contribution is 6.01. The number of carbonyl (C=O) groups is 1. The van der Waals surface area contributed by atoms with Gasteiger partial charge < -0.3 is 10.2 Å². The van der Waals surface area contributed by atoms with E-state index in [4.69, 9.17) is 0 Å². The van der Waals surface area contributed by atoms with E-state index >= 15 is 0 Å². The molecule has 0 heterocycles. The highest BCUT2D eigenvalue weighted by Crippen LogP contribution is 2.24. The lowest BCUT2D eigenvalue weighted by atomic mass is 9.86. The van der Waals surface area contributed by atoms with Gasteiger partial charge in [-0.15, -0.1) is 0 Å². The summed E-state index contributed by atoms with van der Waals surface area (Å²) in [5.41, 5.74) is 2.20. The molecule has 1 amide bonds. The van der Waals surface area contributed by atoms with Gasteiger partial charge in [0.25, 0.3) is 5.91 Å². The average Bonchev–Trinajstić information content (AvgIpc) is 2.63. The van der Waals surface area contributed by atoms with Crippen LogP contribution in [0.25, 0.3) is 6.08 Å². The fourth-order valence-corrected chi connectivity index (χ4v) is 3.46. The van der Waals surface area contributed by atoms with Crippen LogP contribution in [0.1, 0.15) is 52.0 Å². The van der Waals surface area contributed by atoms with Gasteiger partial charge in [0.2, 0.25) is 0 Å². The standard InChI is InChI=1S/C21H29N3O/c1-4-24(5-2)19-12-10-17(11-13-19)14-18(15-22)21(25)23-20-9-7-6-8-16(20)3/h10-14,16,20H,4-9H2,1-3H3,(H,23,25)/b18-14+/t16-,20+/m0/s1. The molecule has 2 atom stereocenters. The van der Waals surface area contributed by atoms with Crippen LogP contribution >= 0.6 is 0 Å². The number of benzene rings is 1. The minimum atomic E-state index is -0.255. The van der Waals surface area contributed by atoms with Gasteiger partial charge in [-0.2, -0.15) is 5.26 Å². The van der Waals surface area contributed by atoms with Crippen molar-refractivity contribution in [3.8, 4) is 6.07 Å². The topological polar surface area (TPSA) is 56.1 Å². The van der Waals surface area contributed by atoms with Crippen LogP contribution in [0.2, 0.25) is 0 Å². The van der Waals surface area contributed by atoms with Gasteiger partial charge in [0, 0.05) is 24.8 Å². The summed E-state index contributed by atoms with van der Waals surface area (Å²) in [6.45, 7) is 8.34. The summed E-state index contributed by atoms with van der Waals surface area (Å²) in [4.78, 5) is 14.7. The molecule has 2 rings (SSSR count). The predicted molar refractivity (Wildman–Crippen MR) is 103 cm³/mol. The van der Waals surface area contributed by atoms with Crippen molar-refractivity contribution in [1.29, 1.82) is 5.26 Å². The van der Waals surface area contributed by atoms with Crippen molar-refractivity contribution in [3.05, 3.63) is 35.4 Å². The van der Waals surface area contributed by atoms with Gasteiger partial charge >= 0.3 is 0 Å². The first-order valence-electron chi connectivity index (χ1n) is 9.36. The number of nitrogens with one attached hydrogen (secondary N) is 1. The van der Waals surface area contributed by atoms with Crippen molar-refractivity contribution in [3.63, 3.8) is 0 Å². The van der Waals surface area contributed by atoms with Crippen LogP contribution < -0.4 is 10.2 Å².